The van der Waals surface area contributed by atoms with Gasteiger partial charge in [0, 0.05) is 17.7 Å². The number of rotatable bonds is 1. The number of benzene rings is 1. The summed E-state index contributed by atoms with van der Waals surface area (Å²) < 4.78 is 5.13. The Balaban J connectivity index is 2.29. The average Bonchev–Trinajstić information content (AvgIpc) is 2.81. The van der Waals surface area contributed by atoms with Crippen LogP contribution in [-0.4, -0.2) is 0 Å². The summed E-state index contributed by atoms with van der Waals surface area (Å²) in [4.78, 5) is 11.4. The lowest BCUT2D eigenvalue weighted by atomic mass is 10.0. The first kappa shape index (κ1) is 9.18. The van der Waals surface area contributed by atoms with Crippen molar-refractivity contribution in [2.75, 3.05) is 0 Å². The zero-order valence-corrected chi connectivity index (χ0v) is 8.44. The molecule has 0 saturated carbocycles. The third-order valence-corrected chi connectivity index (χ3v) is 2.63. The van der Waals surface area contributed by atoms with E-state index in [4.69, 9.17) is 4.42 Å². The van der Waals surface area contributed by atoms with Crippen molar-refractivity contribution in [2.45, 2.75) is 6.04 Å². The molecular formula is C12H10N2O2. The summed E-state index contributed by atoms with van der Waals surface area (Å²) in [6.07, 6.45) is 3.77. The van der Waals surface area contributed by atoms with Gasteiger partial charge in [-0.1, -0.05) is 18.2 Å². The van der Waals surface area contributed by atoms with Crippen molar-refractivity contribution in [1.29, 1.82) is 0 Å². The lowest BCUT2D eigenvalue weighted by Crippen LogP contribution is -2.24. The summed E-state index contributed by atoms with van der Waals surface area (Å²) in [6.45, 7) is 0. The van der Waals surface area contributed by atoms with Gasteiger partial charge in [0.1, 0.15) is 5.58 Å². The molecule has 0 aliphatic carbocycles. The van der Waals surface area contributed by atoms with Gasteiger partial charge < -0.3 is 9.84 Å². The third-order valence-electron chi connectivity index (χ3n) is 2.63. The minimum absolute atomic E-state index is 0.00833. The van der Waals surface area contributed by atoms with Crippen LogP contribution in [0.3, 0.4) is 0 Å². The molecule has 3 rings (SSSR count). The minimum atomic E-state index is -0.323. The minimum Gasteiger partial charge on any atom is -0.423 e. The molecule has 1 aliphatic rings. The highest BCUT2D eigenvalue weighted by Crippen LogP contribution is 2.24. The zero-order valence-electron chi connectivity index (χ0n) is 8.44. The molecule has 1 atom stereocenters. The quantitative estimate of drug-likeness (QED) is 0.705. The van der Waals surface area contributed by atoms with Gasteiger partial charge in [0.25, 0.3) is 0 Å². The summed E-state index contributed by atoms with van der Waals surface area (Å²) in [5.41, 5.74) is 7.16. The van der Waals surface area contributed by atoms with Crippen molar-refractivity contribution in [3.63, 3.8) is 0 Å². The summed E-state index contributed by atoms with van der Waals surface area (Å²) in [6, 6.07) is 9.06. The van der Waals surface area contributed by atoms with E-state index < -0.39 is 0 Å². The summed E-state index contributed by atoms with van der Waals surface area (Å²) in [5.74, 6) is 0. The first-order valence-corrected chi connectivity index (χ1v) is 5.05. The van der Waals surface area contributed by atoms with E-state index in [1.165, 1.54) is 6.07 Å². The molecule has 1 unspecified atom stereocenters. The standard InChI is InChI=1S/C12H10N2O2/c15-12-7-9(10-5-6-13-14-10)8-3-1-2-4-11(8)16-12/h1-7,10,13-14H. The molecule has 4 nitrogen and oxygen atoms in total. The van der Waals surface area contributed by atoms with Crippen LogP contribution in [0.5, 0.6) is 0 Å². The van der Waals surface area contributed by atoms with Crippen LogP contribution >= 0.6 is 0 Å². The highest BCUT2D eigenvalue weighted by atomic mass is 16.4. The zero-order chi connectivity index (χ0) is 11.0. The highest BCUT2D eigenvalue weighted by molar-refractivity contribution is 5.80. The molecule has 0 radical (unpaired) electrons. The van der Waals surface area contributed by atoms with Gasteiger partial charge in [-0.3, -0.25) is 0 Å². The van der Waals surface area contributed by atoms with Crippen LogP contribution in [-0.2, 0) is 0 Å². The molecule has 16 heavy (non-hydrogen) atoms. The monoisotopic (exact) mass is 214 g/mol. The van der Waals surface area contributed by atoms with Crippen molar-refractivity contribution >= 4 is 11.0 Å². The van der Waals surface area contributed by atoms with E-state index in [0.717, 1.165) is 10.9 Å². The van der Waals surface area contributed by atoms with Crippen molar-refractivity contribution in [2.24, 2.45) is 0 Å². The van der Waals surface area contributed by atoms with Crippen molar-refractivity contribution in [3.8, 4) is 0 Å². The first-order valence-electron chi connectivity index (χ1n) is 5.05. The van der Waals surface area contributed by atoms with Crippen LogP contribution in [0, 0.1) is 0 Å². The predicted molar refractivity (Wildman–Crippen MR) is 60.6 cm³/mol. The fourth-order valence-corrected chi connectivity index (χ4v) is 1.91. The Bertz CT molecular complexity index is 616. The Kier molecular flexibility index (Phi) is 2.01. The van der Waals surface area contributed by atoms with Crippen LogP contribution < -0.4 is 16.5 Å². The van der Waals surface area contributed by atoms with Crippen LogP contribution in [0.15, 0.2) is 51.8 Å². The molecule has 0 bridgehead atoms. The fraction of sp³-hybridized carbons (Fsp3) is 0.0833. The number of nitrogens with one attached hydrogen (secondary N) is 2. The van der Waals surface area contributed by atoms with E-state index >= 15 is 0 Å². The van der Waals surface area contributed by atoms with Crippen LogP contribution in [0.25, 0.3) is 11.0 Å². The van der Waals surface area contributed by atoms with Gasteiger partial charge in [0.05, 0.1) is 6.04 Å². The van der Waals surface area contributed by atoms with Gasteiger partial charge in [0.15, 0.2) is 0 Å². The molecule has 0 saturated heterocycles. The maximum Gasteiger partial charge on any atom is 0.336 e. The van der Waals surface area contributed by atoms with Crippen LogP contribution in [0.4, 0.5) is 0 Å². The van der Waals surface area contributed by atoms with Crippen LogP contribution in [0.1, 0.15) is 11.6 Å². The Morgan fingerprint density at radius 3 is 2.94 bits per heavy atom. The second-order valence-corrected chi connectivity index (χ2v) is 3.64. The van der Waals surface area contributed by atoms with E-state index in [-0.39, 0.29) is 11.7 Å². The third kappa shape index (κ3) is 1.40. The Hall–Kier alpha value is -2.07. The predicted octanol–water partition coefficient (Wildman–Crippen LogP) is 1.46. The second kappa shape index (κ2) is 3.50. The maximum atomic E-state index is 11.4. The fourth-order valence-electron chi connectivity index (χ4n) is 1.91. The number of hydrazine groups is 1. The molecule has 0 amide bonds. The van der Waals surface area contributed by atoms with E-state index in [1.54, 1.807) is 6.07 Å². The number of fused-ring (bicyclic) bond motifs is 1. The Labute approximate surface area is 91.5 Å². The molecular weight excluding hydrogens is 204 g/mol. The molecule has 2 N–H and O–H groups in total. The lowest BCUT2D eigenvalue weighted by Gasteiger charge is -2.11. The van der Waals surface area contributed by atoms with E-state index in [0.29, 0.717) is 5.58 Å². The van der Waals surface area contributed by atoms with Crippen molar-refractivity contribution in [1.82, 2.24) is 10.9 Å². The molecule has 1 aliphatic heterocycles. The van der Waals surface area contributed by atoms with E-state index in [1.807, 2.05) is 30.5 Å². The number of para-hydroxylation sites is 1. The van der Waals surface area contributed by atoms with E-state index in [9.17, 15) is 4.79 Å². The average molecular weight is 214 g/mol. The normalized spacial score (nSPS) is 18.9. The van der Waals surface area contributed by atoms with Crippen LogP contribution in [0.2, 0.25) is 0 Å². The Morgan fingerprint density at radius 2 is 2.12 bits per heavy atom. The van der Waals surface area contributed by atoms with Crippen molar-refractivity contribution in [3.05, 3.63) is 58.6 Å². The maximum absolute atomic E-state index is 11.4. The van der Waals surface area contributed by atoms with Crippen molar-refractivity contribution < 1.29 is 4.42 Å². The van der Waals surface area contributed by atoms with Gasteiger partial charge in [0.2, 0.25) is 0 Å². The van der Waals surface area contributed by atoms with Gasteiger partial charge in [-0.25, -0.2) is 10.2 Å². The summed E-state index contributed by atoms with van der Waals surface area (Å²) in [5, 5.41) is 0.952. The lowest BCUT2D eigenvalue weighted by molar-refractivity contribution is 0.551. The molecule has 2 heterocycles. The molecule has 2 aromatic rings. The topological polar surface area (TPSA) is 54.3 Å². The SMILES string of the molecule is O=c1cc(C2C=CNN2)c2ccccc2o1. The molecule has 80 valence electrons. The largest absolute Gasteiger partial charge is 0.423 e. The molecule has 0 spiro atoms. The summed E-state index contributed by atoms with van der Waals surface area (Å²) in [7, 11) is 0. The first-order chi connectivity index (χ1) is 7.84. The molecule has 4 heteroatoms. The van der Waals surface area contributed by atoms with Gasteiger partial charge >= 0.3 is 5.63 Å². The summed E-state index contributed by atoms with van der Waals surface area (Å²) >= 11 is 0. The number of hydrogen-bond acceptors (Lipinski definition) is 4. The molecule has 0 fully saturated rings. The van der Waals surface area contributed by atoms with Gasteiger partial charge in [-0.2, -0.15) is 0 Å². The van der Waals surface area contributed by atoms with E-state index in [2.05, 4.69) is 10.9 Å². The molecule has 1 aromatic carbocycles. The smallest absolute Gasteiger partial charge is 0.336 e. The molecule has 1 aromatic heterocycles. The second-order valence-electron chi connectivity index (χ2n) is 3.64. The van der Waals surface area contributed by atoms with Gasteiger partial charge in [-0.15, -0.1) is 0 Å². The van der Waals surface area contributed by atoms with Gasteiger partial charge in [-0.05, 0) is 17.7 Å². The number of hydrogen-bond donors (Lipinski definition) is 2. The highest BCUT2D eigenvalue weighted by Gasteiger charge is 2.15. The Morgan fingerprint density at radius 1 is 1.25 bits per heavy atom.